The monoisotopic (exact) mass is 258 g/mol. The highest BCUT2D eigenvalue weighted by Crippen LogP contribution is 2.20. The van der Waals surface area contributed by atoms with Crippen LogP contribution >= 0.6 is 0 Å². The van der Waals surface area contributed by atoms with E-state index in [1.807, 2.05) is 23.7 Å². The molecule has 0 atom stereocenters. The maximum absolute atomic E-state index is 5.95. The maximum atomic E-state index is 5.95. The van der Waals surface area contributed by atoms with Gasteiger partial charge in [-0.15, -0.1) is 0 Å². The number of rotatable bonds is 3. The molecule has 2 N–H and O–H groups in total. The van der Waals surface area contributed by atoms with Crippen molar-refractivity contribution in [3.05, 3.63) is 30.1 Å². The molecule has 19 heavy (non-hydrogen) atoms. The zero-order chi connectivity index (χ0) is 13.4. The first-order valence-corrected chi connectivity index (χ1v) is 5.82. The summed E-state index contributed by atoms with van der Waals surface area (Å²) in [5.41, 5.74) is 8.43. The molecular formula is C12H14N6O. The van der Waals surface area contributed by atoms with Crippen molar-refractivity contribution in [3.8, 4) is 5.88 Å². The van der Waals surface area contributed by atoms with Crippen molar-refractivity contribution < 1.29 is 4.74 Å². The number of hydrogen-bond acceptors (Lipinski definition) is 5. The zero-order valence-corrected chi connectivity index (χ0v) is 10.7. The van der Waals surface area contributed by atoms with Gasteiger partial charge in [0, 0.05) is 19.3 Å². The Hall–Kier alpha value is -2.57. The number of nitrogens with two attached hydrogens (primary N) is 1. The lowest BCUT2D eigenvalue weighted by Gasteiger charge is -2.06. The molecule has 0 saturated heterocycles. The third-order valence-electron chi connectivity index (χ3n) is 3.05. The Balaban J connectivity index is 2.11. The second kappa shape index (κ2) is 4.27. The molecule has 0 unspecified atom stereocenters. The number of anilines is 1. The van der Waals surface area contributed by atoms with E-state index in [1.54, 1.807) is 24.1 Å². The summed E-state index contributed by atoms with van der Waals surface area (Å²) in [7, 11) is 3.47. The van der Waals surface area contributed by atoms with Crippen LogP contribution in [-0.2, 0) is 13.6 Å². The number of methoxy groups -OCH3 is 1. The largest absolute Gasteiger partial charge is 0.481 e. The minimum Gasteiger partial charge on any atom is -0.481 e. The molecule has 0 aliphatic carbocycles. The van der Waals surface area contributed by atoms with Gasteiger partial charge in [-0.25, -0.2) is 4.98 Å². The Labute approximate surface area is 109 Å². The first-order chi connectivity index (χ1) is 9.19. The number of nitrogen functional groups attached to an aromatic ring is 1. The van der Waals surface area contributed by atoms with Crippen molar-refractivity contribution in [1.82, 2.24) is 24.3 Å². The SMILES string of the molecule is COc1ccc2nc(N)n(Cc3ccnn3C)c2n1. The highest BCUT2D eigenvalue weighted by molar-refractivity contribution is 5.74. The fourth-order valence-corrected chi connectivity index (χ4v) is 1.99. The van der Waals surface area contributed by atoms with Gasteiger partial charge < -0.3 is 10.5 Å². The molecule has 0 fully saturated rings. The minimum absolute atomic E-state index is 0.428. The summed E-state index contributed by atoms with van der Waals surface area (Å²) >= 11 is 0. The van der Waals surface area contributed by atoms with Crippen LogP contribution in [0.2, 0.25) is 0 Å². The van der Waals surface area contributed by atoms with Crippen LogP contribution in [0.15, 0.2) is 24.4 Å². The van der Waals surface area contributed by atoms with E-state index in [2.05, 4.69) is 15.1 Å². The third-order valence-corrected chi connectivity index (χ3v) is 3.05. The number of fused-ring (bicyclic) bond motifs is 1. The Morgan fingerprint density at radius 1 is 1.26 bits per heavy atom. The molecule has 3 rings (SSSR count). The first-order valence-electron chi connectivity index (χ1n) is 5.82. The lowest BCUT2D eigenvalue weighted by atomic mass is 10.4. The standard InChI is InChI=1S/C12H14N6O/c1-17-8(5-6-14-17)7-18-11-9(15-12(18)13)3-4-10(16-11)19-2/h3-6H,7H2,1-2H3,(H2,13,15). The van der Waals surface area contributed by atoms with E-state index in [4.69, 9.17) is 10.5 Å². The van der Waals surface area contributed by atoms with Crippen molar-refractivity contribution in [1.29, 1.82) is 0 Å². The second-order valence-corrected chi connectivity index (χ2v) is 4.20. The molecule has 0 radical (unpaired) electrons. The van der Waals surface area contributed by atoms with Crippen molar-refractivity contribution in [2.75, 3.05) is 12.8 Å². The van der Waals surface area contributed by atoms with Gasteiger partial charge in [-0.3, -0.25) is 9.25 Å². The average Bonchev–Trinajstić information content (AvgIpc) is 2.94. The molecule has 3 heterocycles. The van der Waals surface area contributed by atoms with Gasteiger partial charge in [0.2, 0.25) is 11.8 Å². The maximum Gasteiger partial charge on any atom is 0.215 e. The van der Waals surface area contributed by atoms with Crippen molar-refractivity contribution in [2.45, 2.75) is 6.54 Å². The third kappa shape index (κ3) is 1.88. The average molecular weight is 258 g/mol. The van der Waals surface area contributed by atoms with Crippen molar-refractivity contribution >= 4 is 17.1 Å². The number of imidazole rings is 1. The van der Waals surface area contributed by atoms with Crippen molar-refractivity contribution in [2.24, 2.45) is 7.05 Å². The van der Waals surface area contributed by atoms with Crippen molar-refractivity contribution in [3.63, 3.8) is 0 Å². The number of aromatic nitrogens is 5. The van der Waals surface area contributed by atoms with Crippen LogP contribution in [0.5, 0.6) is 5.88 Å². The summed E-state index contributed by atoms with van der Waals surface area (Å²) in [6, 6.07) is 5.55. The fraction of sp³-hybridized carbons (Fsp3) is 0.250. The molecular weight excluding hydrogens is 244 g/mol. The van der Waals surface area contributed by atoms with E-state index >= 15 is 0 Å². The van der Waals surface area contributed by atoms with Crippen LogP contribution < -0.4 is 10.5 Å². The molecule has 0 aromatic carbocycles. The van der Waals surface area contributed by atoms with E-state index in [0.717, 1.165) is 11.2 Å². The van der Waals surface area contributed by atoms with Crippen LogP contribution in [0.3, 0.4) is 0 Å². The van der Waals surface area contributed by atoms with Crippen LogP contribution in [0.1, 0.15) is 5.69 Å². The van der Waals surface area contributed by atoms with Gasteiger partial charge in [-0.1, -0.05) is 0 Å². The van der Waals surface area contributed by atoms with Gasteiger partial charge in [-0.2, -0.15) is 10.1 Å². The summed E-state index contributed by atoms with van der Waals surface area (Å²) in [6.45, 7) is 0.568. The molecule has 0 aliphatic heterocycles. The summed E-state index contributed by atoms with van der Waals surface area (Å²) in [6.07, 6.45) is 1.75. The summed E-state index contributed by atoms with van der Waals surface area (Å²) in [5, 5.41) is 4.14. The summed E-state index contributed by atoms with van der Waals surface area (Å²) in [5.74, 6) is 0.968. The fourth-order valence-electron chi connectivity index (χ4n) is 1.99. The lowest BCUT2D eigenvalue weighted by molar-refractivity contribution is 0.399. The van der Waals surface area contributed by atoms with Crippen LogP contribution in [0, 0.1) is 0 Å². The minimum atomic E-state index is 0.428. The summed E-state index contributed by atoms with van der Waals surface area (Å²) in [4.78, 5) is 8.69. The number of pyridine rings is 1. The van der Waals surface area contributed by atoms with E-state index < -0.39 is 0 Å². The Morgan fingerprint density at radius 2 is 2.11 bits per heavy atom. The van der Waals surface area contributed by atoms with E-state index in [9.17, 15) is 0 Å². The smallest absolute Gasteiger partial charge is 0.215 e. The van der Waals surface area contributed by atoms with Gasteiger partial charge in [0.1, 0.15) is 5.52 Å². The molecule has 0 saturated carbocycles. The predicted octanol–water partition coefficient (Wildman–Crippen LogP) is 0.804. The molecule has 3 aromatic heterocycles. The van der Waals surface area contributed by atoms with Gasteiger partial charge >= 0.3 is 0 Å². The van der Waals surface area contributed by atoms with Crippen LogP contribution in [0.4, 0.5) is 5.95 Å². The molecule has 0 aliphatic rings. The molecule has 0 spiro atoms. The second-order valence-electron chi connectivity index (χ2n) is 4.20. The number of hydrogen-bond donors (Lipinski definition) is 1. The normalized spacial score (nSPS) is 11.1. The van der Waals surface area contributed by atoms with Gasteiger partial charge in [0.15, 0.2) is 5.65 Å². The Morgan fingerprint density at radius 3 is 2.79 bits per heavy atom. The van der Waals surface area contributed by atoms with E-state index in [1.165, 1.54) is 0 Å². The number of ether oxygens (including phenoxy) is 1. The molecule has 7 nitrogen and oxygen atoms in total. The first kappa shape index (κ1) is 11.5. The highest BCUT2D eigenvalue weighted by atomic mass is 16.5. The van der Waals surface area contributed by atoms with E-state index in [-0.39, 0.29) is 0 Å². The van der Waals surface area contributed by atoms with Gasteiger partial charge in [0.05, 0.1) is 19.3 Å². The summed E-state index contributed by atoms with van der Waals surface area (Å²) < 4.78 is 8.77. The number of aryl methyl sites for hydroxylation is 1. The highest BCUT2D eigenvalue weighted by Gasteiger charge is 2.12. The zero-order valence-electron chi connectivity index (χ0n) is 10.7. The quantitative estimate of drug-likeness (QED) is 0.751. The van der Waals surface area contributed by atoms with Gasteiger partial charge in [0.25, 0.3) is 0 Å². The van der Waals surface area contributed by atoms with Gasteiger partial charge in [-0.05, 0) is 12.1 Å². The molecule has 0 amide bonds. The Bertz CT molecular complexity index is 729. The van der Waals surface area contributed by atoms with Crippen LogP contribution in [0.25, 0.3) is 11.2 Å². The predicted molar refractivity (Wildman–Crippen MR) is 70.8 cm³/mol. The Kier molecular flexibility index (Phi) is 2.59. The topological polar surface area (TPSA) is 83.8 Å². The molecule has 7 heteroatoms. The molecule has 0 bridgehead atoms. The van der Waals surface area contributed by atoms with E-state index in [0.29, 0.717) is 24.0 Å². The van der Waals surface area contributed by atoms with Crippen LogP contribution in [-0.4, -0.2) is 31.4 Å². The lowest BCUT2D eigenvalue weighted by Crippen LogP contribution is -2.09. The molecule has 3 aromatic rings. The number of nitrogens with zero attached hydrogens (tertiary/aromatic N) is 5. The molecule has 98 valence electrons.